The van der Waals surface area contributed by atoms with Crippen molar-refractivity contribution in [3.05, 3.63) is 37.4 Å². The predicted molar refractivity (Wildman–Crippen MR) is 88.4 cm³/mol. The largest absolute Gasteiger partial charge is 0.349 e. The topological polar surface area (TPSA) is 75.5 Å². The quantitative estimate of drug-likeness (QED) is 0.478. The molecule has 1 aliphatic rings. The van der Waals surface area contributed by atoms with Gasteiger partial charge >= 0.3 is 0 Å². The van der Waals surface area contributed by atoms with E-state index in [-0.39, 0.29) is 17.6 Å². The van der Waals surface area contributed by atoms with Crippen LogP contribution in [0.1, 0.15) is 30.1 Å². The van der Waals surface area contributed by atoms with E-state index in [0.29, 0.717) is 11.6 Å². The summed E-state index contributed by atoms with van der Waals surface area (Å²) in [4.78, 5) is 24.9. The molecule has 0 radical (unpaired) electrons. The number of non-ortho nitro benzene ring substituents is 1. The molecule has 2 atom stereocenters. The molecule has 2 unspecified atom stereocenters. The first-order chi connectivity index (χ1) is 9.88. The summed E-state index contributed by atoms with van der Waals surface area (Å²) >= 11 is 2.03. The molecule has 6 nitrogen and oxygen atoms in total. The zero-order valence-corrected chi connectivity index (χ0v) is 14.2. The summed E-state index contributed by atoms with van der Waals surface area (Å²) in [6, 6.07) is 4.91. The number of benzene rings is 1. The zero-order valence-electron chi connectivity index (χ0n) is 12.0. The average molecular weight is 403 g/mol. The fourth-order valence-electron chi connectivity index (χ4n) is 2.48. The van der Waals surface area contributed by atoms with Crippen LogP contribution in [0.25, 0.3) is 0 Å². The molecule has 21 heavy (non-hydrogen) atoms. The number of rotatable bonds is 3. The van der Waals surface area contributed by atoms with E-state index in [1.165, 1.54) is 12.1 Å². The Morgan fingerprint density at radius 3 is 2.86 bits per heavy atom. The van der Waals surface area contributed by atoms with Crippen molar-refractivity contribution in [2.75, 3.05) is 13.6 Å². The smallest absolute Gasteiger partial charge is 0.270 e. The van der Waals surface area contributed by atoms with Crippen molar-refractivity contribution in [3.63, 3.8) is 0 Å². The van der Waals surface area contributed by atoms with E-state index in [0.717, 1.165) is 23.0 Å². The second kappa shape index (κ2) is 6.69. The molecule has 1 aromatic rings. The molecule has 1 fully saturated rings. The fraction of sp³-hybridized carbons (Fsp3) is 0.500. The lowest BCUT2D eigenvalue weighted by molar-refractivity contribution is -0.384. The van der Waals surface area contributed by atoms with Crippen molar-refractivity contribution in [1.29, 1.82) is 0 Å². The van der Waals surface area contributed by atoms with Gasteiger partial charge in [-0.05, 0) is 55.5 Å². The van der Waals surface area contributed by atoms with Crippen LogP contribution in [-0.4, -0.2) is 41.4 Å². The first kappa shape index (κ1) is 16.2. The molecule has 0 aromatic heterocycles. The van der Waals surface area contributed by atoms with Crippen LogP contribution < -0.4 is 5.32 Å². The Kier molecular flexibility index (Phi) is 5.15. The van der Waals surface area contributed by atoms with Gasteiger partial charge in [0, 0.05) is 34.3 Å². The van der Waals surface area contributed by atoms with E-state index < -0.39 is 4.92 Å². The second-order valence-corrected chi connectivity index (χ2v) is 6.61. The Bertz CT molecular complexity index is 564. The van der Waals surface area contributed by atoms with E-state index in [1.807, 2.05) is 22.6 Å². The third-order valence-electron chi connectivity index (χ3n) is 3.95. The van der Waals surface area contributed by atoms with Crippen LogP contribution in [0.2, 0.25) is 0 Å². The molecule has 2 rings (SSSR count). The van der Waals surface area contributed by atoms with Gasteiger partial charge in [0.05, 0.1) is 10.5 Å². The summed E-state index contributed by atoms with van der Waals surface area (Å²) in [5.41, 5.74) is 0.314. The van der Waals surface area contributed by atoms with Crippen molar-refractivity contribution < 1.29 is 9.72 Å². The Hall–Kier alpha value is -1.22. The Balaban J connectivity index is 2.10. The van der Waals surface area contributed by atoms with Crippen LogP contribution in [0.4, 0.5) is 5.69 Å². The van der Waals surface area contributed by atoms with Crippen molar-refractivity contribution in [2.45, 2.75) is 31.8 Å². The van der Waals surface area contributed by atoms with Gasteiger partial charge in [-0.2, -0.15) is 0 Å². The van der Waals surface area contributed by atoms with E-state index in [2.05, 4.69) is 24.2 Å². The summed E-state index contributed by atoms with van der Waals surface area (Å²) in [6.45, 7) is 3.08. The molecule has 0 spiro atoms. The maximum Gasteiger partial charge on any atom is 0.270 e. The number of hydrogen-bond acceptors (Lipinski definition) is 4. The summed E-state index contributed by atoms with van der Waals surface area (Å²) in [5, 5.41) is 13.8. The Morgan fingerprint density at radius 2 is 2.24 bits per heavy atom. The fourth-order valence-corrected chi connectivity index (χ4v) is 3.06. The lowest BCUT2D eigenvalue weighted by Gasteiger charge is -2.35. The lowest BCUT2D eigenvalue weighted by atomic mass is 9.98. The number of amides is 1. The highest BCUT2D eigenvalue weighted by Gasteiger charge is 2.25. The van der Waals surface area contributed by atoms with Gasteiger partial charge in [-0.15, -0.1) is 0 Å². The highest BCUT2D eigenvalue weighted by atomic mass is 127. The van der Waals surface area contributed by atoms with Crippen molar-refractivity contribution in [3.8, 4) is 0 Å². The number of carbonyl (C=O) groups is 1. The SMILES string of the molecule is CC1CC(NC(=O)c2cc([N+](=O)[O-])ccc2I)CCN1C. The number of halogens is 1. The lowest BCUT2D eigenvalue weighted by Crippen LogP contribution is -2.47. The summed E-state index contributed by atoms with van der Waals surface area (Å²) < 4.78 is 0.719. The van der Waals surface area contributed by atoms with Crippen LogP contribution in [-0.2, 0) is 0 Å². The van der Waals surface area contributed by atoms with Crippen LogP contribution in [0, 0.1) is 13.7 Å². The van der Waals surface area contributed by atoms with Gasteiger partial charge in [-0.3, -0.25) is 14.9 Å². The predicted octanol–water partition coefficient (Wildman–Crippen LogP) is 2.41. The van der Waals surface area contributed by atoms with Crippen LogP contribution >= 0.6 is 22.6 Å². The van der Waals surface area contributed by atoms with Gasteiger partial charge in [0.1, 0.15) is 0 Å². The average Bonchev–Trinajstić information content (AvgIpc) is 2.43. The van der Waals surface area contributed by atoms with Gasteiger partial charge in [-0.1, -0.05) is 0 Å². The van der Waals surface area contributed by atoms with Gasteiger partial charge in [-0.25, -0.2) is 0 Å². The molecular weight excluding hydrogens is 385 g/mol. The molecule has 114 valence electrons. The molecule has 0 saturated carbocycles. The molecule has 7 heteroatoms. The number of nitro groups is 1. The number of piperidine rings is 1. The maximum atomic E-state index is 12.3. The summed E-state index contributed by atoms with van der Waals surface area (Å²) in [6.07, 6.45) is 1.80. The Morgan fingerprint density at radius 1 is 1.52 bits per heavy atom. The first-order valence-electron chi connectivity index (χ1n) is 6.83. The highest BCUT2D eigenvalue weighted by Crippen LogP contribution is 2.21. The van der Waals surface area contributed by atoms with Gasteiger partial charge in [0.2, 0.25) is 0 Å². The molecule has 0 aliphatic carbocycles. The monoisotopic (exact) mass is 403 g/mol. The third kappa shape index (κ3) is 3.91. The van der Waals surface area contributed by atoms with Gasteiger partial charge in [0.25, 0.3) is 11.6 Å². The number of carbonyl (C=O) groups excluding carboxylic acids is 1. The van der Waals surface area contributed by atoms with Crippen molar-refractivity contribution in [2.24, 2.45) is 0 Å². The molecular formula is C14H18IN3O3. The minimum Gasteiger partial charge on any atom is -0.349 e. The van der Waals surface area contributed by atoms with Crippen LogP contribution in [0.15, 0.2) is 18.2 Å². The summed E-state index contributed by atoms with van der Waals surface area (Å²) in [5.74, 6) is -0.232. The van der Waals surface area contributed by atoms with Crippen molar-refractivity contribution in [1.82, 2.24) is 10.2 Å². The third-order valence-corrected chi connectivity index (χ3v) is 4.89. The Labute approximate surface area is 137 Å². The van der Waals surface area contributed by atoms with Crippen LogP contribution in [0.3, 0.4) is 0 Å². The molecule has 0 bridgehead atoms. The zero-order chi connectivity index (χ0) is 15.6. The minimum absolute atomic E-state index is 0.0580. The normalized spacial score (nSPS) is 22.8. The number of hydrogen-bond donors (Lipinski definition) is 1. The molecule has 1 saturated heterocycles. The first-order valence-corrected chi connectivity index (χ1v) is 7.91. The summed E-state index contributed by atoms with van der Waals surface area (Å²) in [7, 11) is 2.08. The highest BCUT2D eigenvalue weighted by molar-refractivity contribution is 14.1. The number of nitrogens with zero attached hydrogens (tertiary/aromatic N) is 2. The van der Waals surface area contributed by atoms with E-state index >= 15 is 0 Å². The molecule has 1 heterocycles. The van der Waals surface area contributed by atoms with Gasteiger partial charge in [0.15, 0.2) is 0 Å². The van der Waals surface area contributed by atoms with Crippen LogP contribution in [0.5, 0.6) is 0 Å². The minimum atomic E-state index is -0.482. The van der Waals surface area contributed by atoms with Gasteiger partial charge < -0.3 is 10.2 Å². The standard InChI is InChI=1S/C14H18IN3O3/c1-9-7-10(5-6-17(9)2)16-14(19)12-8-11(18(20)21)3-4-13(12)15/h3-4,8-10H,5-7H2,1-2H3,(H,16,19). The van der Waals surface area contributed by atoms with E-state index in [9.17, 15) is 14.9 Å². The number of nitrogens with one attached hydrogen (secondary N) is 1. The maximum absolute atomic E-state index is 12.3. The van der Waals surface area contributed by atoms with E-state index in [4.69, 9.17) is 0 Å². The molecule has 1 amide bonds. The second-order valence-electron chi connectivity index (χ2n) is 5.45. The molecule has 1 aliphatic heterocycles. The molecule has 1 N–H and O–H groups in total. The molecule has 1 aromatic carbocycles. The van der Waals surface area contributed by atoms with Crippen molar-refractivity contribution >= 4 is 34.2 Å². The van der Waals surface area contributed by atoms with E-state index in [1.54, 1.807) is 6.07 Å². The number of likely N-dealkylation sites (tertiary alicyclic amines) is 1. The number of nitro benzene ring substituents is 1.